The number of aromatic nitrogens is 1. The average molecular weight is 214 g/mol. The van der Waals surface area contributed by atoms with Gasteiger partial charge >= 0.3 is 5.97 Å². The highest BCUT2D eigenvalue weighted by Gasteiger charge is 2.08. The maximum Gasteiger partial charge on any atom is 0.311 e. The molecular weight excluding hydrogens is 202 g/mol. The standard InChI is InChI=1S/C10H12ClNO2/c1-3-14-10(13)5-9-8(11)4-7(2)6-12-9/h4,6H,3,5H2,1-2H3. The Kier molecular flexibility index (Phi) is 3.89. The van der Waals surface area contributed by atoms with Gasteiger partial charge < -0.3 is 4.74 Å². The molecule has 0 unspecified atom stereocenters. The molecule has 0 aromatic carbocycles. The first-order chi connectivity index (χ1) is 6.63. The molecule has 4 heteroatoms. The number of hydrogen-bond donors (Lipinski definition) is 0. The highest BCUT2D eigenvalue weighted by Crippen LogP contribution is 2.15. The molecule has 1 rings (SSSR count). The normalized spacial score (nSPS) is 9.93. The molecule has 0 aliphatic carbocycles. The minimum Gasteiger partial charge on any atom is -0.466 e. The zero-order chi connectivity index (χ0) is 10.6. The van der Waals surface area contributed by atoms with E-state index in [9.17, 15) is 4.79 Å². The maximum atomic E-state index is 11.1. The summed E-state index contributed by atoms with van der Waals surface area (Å²) >= 11 is 5.90. The van der Waals surface area contributed by atoms with Crippen LogP contribution >= 0.6 is 11.6 Å². The topological polar surface area (TPSA) is 39.2 Å². The molecule has 14 heavy (non-hydrogen) atoms. The second kappa shape index (κ2) is 4.96. The molecule has 76 valence electrons. The van der Waals surface area contributed by atoms with Gasteiger partial charge in [-0.25, -0.2) is 0 Å². The zero-order valence-electron chi connectivity index (χ0n) is 8.21. The first-order valence-electron chi connectivity index (χ1n) is 4.40. The number of pyridine rings is 1. The minimum atomic E-state index is -0.300. The van der Waals surface area contributed by atoms with Gasteiger partial charge in [-0.05, 0) is 25.5 Å². The third-order valence-electron chi connectivity index (χ3n) is 1.67. The van der Waals surface area contributed by atoms with Crippen molar-refractivity contribution < 1.29 is 9.53 Å². The van der Waals surface area contributed by atoms with Gasteiger partial charge in [0.2, 0.25) is 0 Å². The lowest BCUT2D eigenvalue weighted by molar-refractivity contribution is -0.142. The molecule has 0 aliphatic heterocycles. The second-order valence-corrected chi connectivity index (χ2v) is 3.33. The fourth-order valence-corrected chi connectivity index (χ4v) is 1.33. The number of esters is 1. The Hall–Kier alpha value is -1.09. The van der Waals surface area contributed by atoms with Gasteiger partial charge in [-0.3, -0.25) is 9.78 Å². The molecule has 0 amide bonds. The number of carbonyl (C=O) groups excluding carboxylic acids is 1. The van der Waals surface area contributed by atoms with E-state index in [1.165, 1.54) is 0 Å². The Bertz CT molecular complexity index is 339. The lowest BCUT2D eigenvalue weighted by atomic mass is 10.2. The Morgan fingerprint density at radius 1 is 1.64 bits per heavy atom. The van der Waals surface area contributed by atoms with Crippen LogP contribution in [0.2, 0.25) is 5.02 Å². The number of carbonyl (C=O) groups is 1. The number of nitrogens with zero attached hydrogens (tertiary/aromatic N) is 1. The van der Waals surface area contributed by atoms with E-state index >= 15 is 0 Å². The van der Waals surface area contributed by atoms with Gasteiger partial charge in [-0.15, -0.1) is 0 Å². The summed E-state index contributed by atoms with van der Waals surface area (Å²) in [6.07, 6.45) is 1.81. The second-order valence-electron chi connectivity index (χ2n) is 2.92. The van der Waals surface area contributed by atoms with Crippen molar-refractivity contribution in [2.45, 2.75) is 20.3 Å². The van der Waals surface area contributed by atoms with Crippen molar-refractivity contribution in [2.75, 3.05) is 6.61 Å². The van der Waals surface area contributed by atoms with Crippen LogP contribution in [0.25, 0.3) is 0 Å². The van der Waals surface area contributed by atoms with Gasteiger partial charge in [0, 0.05) is 6.20 Å². The number of ether oxygens (including phenoxy) is 1. The summed E-state index contributed by atoms with van der Waals surface area (Å²) in [5, 5.41) is 0.512. The highest BCUT2D eigenvalue weighted by atomic mass is 35.5. The quantitative estimate of drug-likeness (QED) is 0.723. The summed E-state index contributed by atoms with van der Waals surface area (Å²) in [5.41, 5.74) is 1.54. The maximum absolute atomic E-state index is 11.1. The van der Waals surface area contributed by atoms with Crippen molar-refractivity contribution >= 4 is 17.6 Å². The van der Waals surface area contributed by atoms with E-state index in [4.69, 9.17) is 16.3 Å². The third kappa shape index (κ3) is 3.00. The predicted octanol–water partition coefficient (Wildman–Crippen LogP) is 2.15. The molecule has 3 nitrogen and oxygen atoms in total. The summed E-state index contributed by atoms with van der Waals surface area (Å²) in [5.74, 6) is -0.300. The lowest BCUT2D eigenvalue weighted by Gasteiger charge is -2.03. The van der Waals surface area contributed by atoms with E-state index in [0.29, 0.717) is 17.3 Å². The first-order valence-corrected chi connectivity index (χ1v) is 4.78. The molecular formula is C10H12ClNO2. The van der Waals surface area contributed by atoms with E-state index in [1.807, 2.05) is 6.92 Å². The van der Waals surface area contributed by atoms with E-state index in [1.54, 1.807) is 19.2 Å². The van der Waals surface area contributed by atoms with Gasteiger partial charge in [0.05, 0.1) is 23.7 Å². The molecule has 0 spiro atoms. The molecule has 0 saturated heterocycles. The lowest BCUT2D eigenvalue weighted by Crippen LogP contribution is -2.09. The fourth-order valence-electron chi connectivity index (χ4n) is 1.04. The van der Waals surface area contributed by atoms with Crippen molar-refractivity contribution in [1.82, 2.24) is 4.98 Å². The SMILES string of the molecule is CCOC(=O)Cc1ncc(C)cc1Cl. The van der Waals surface area contributed by atoms with Gasteiger partial charge in [-0.2, -0.15) is 0 Å². The number of aryl methyl sites for hydroxylation is 1. The predicted molar refractivity (Wildman–Crippen MR) is 54.3 cm³/mol. The Morgan fingerprint density at radius 3 is 2.93 bits per heavy atom. The molecule has 1 aromatic heterocycles. The van der Waals surface area contributed by atoms with Gasteiger partial charge in [0.15, 0.2) is 0 Å². The van der Waals surface area contributed by atoms with Gasteiger partial charge in [-0.1, -0.05) is 11.6 Å². The summed E-state index contributed by atoms with van der Waals surface area (Å²) in [6.45, 7) is 4.04. The highest BCUT2D eigenvalue weighted by molar-refractivity contribution is 6.31. The summed E-state index contributed by atoms with van der Waals surface area (Å²) in [4.78, 5) is 15.2. The van der Waals surface area contributed by atoms with E-state index < -0.39 is 0 Å². The van der Waals surface area contributed by atoms with Crippen LogP contribution in [0.15, 0.2) is 12.3 Å². The molecule has 0 saturated carbocycles. The van der Waals surface area contributed by atoms with E-state index in [2.05, 4.69) is 4.98 Å². The van der Waals surface area contributed by atoms with Crippen molar-refractivity contribution in [3.8, 4) is 0 Å². The fraction of sp³-hybridized carbons (Fsp3) is 0.400. The molecule has 0 aliphatic rings. The molecule has 0 N–H and O–H groups in total. The van der Waals surface area contributed by atoms with E-state index in [0.717, 1.165) is 5.56 Å². The van der Waals surface area contributed by atoms with Crippen molar-refractivity contribution in [1.29, 1.82) is 0 Å². The van der Waals surface area contributed by atoms with Crippen LogP contribution in [0.3, 0.4) is 0 Å². The third-order valence-corrected chi connectivity index (χ3v) is 2.00. The molecule has 0 bridgehead atoms. The van der Waals surface area contributed by atoms with Crippen LogP contribution in [-0.2, 0) is 16.0 Å². The Balaban J connectivity index is 2.72. The number of rotatable bonds is 3. The van der Waals surface area contributed by atoms with Crippen LogP contribution in [0.1, 0.15) is 18.2 Å². The van der Waals surface area contributed by atoms with Gasteiger partial charge in [0.1, 0.15) is 0 Å². The van der Waals surface area contributed by atoms with Gasteiger partial charge in [0.25, 0.3) is 0 Å². The van der Waals surface area contributed by atoms with Crippen LogP contribution < -0.4 is 0 Å². The molecule has 1 aromatic rings. The molecule has 0 fully saturated rings. The summed E-state index contributed by atoms with van der Waals surface area (Å²) in [7, 11) is 0. The summed E-state index contributed by atoms with van der Waals surface area (Å²) < 4.78 is 4.79. The largest absolute Gasteiger partial charge is 0.466 e. The monoisotopic (exact) mass is 213 g/mol. The Labute approximate surface area is 88.1 Å². The van der Waals surface area contributed by atoms with E-state index in [-0.39, 0.29) is 12.4 Å². The first kappa shape index (κ1) is 11.0. The van der Waals surface area contributed by atoms with Crippen LogP contribution in [0, 0.1) is 6.92 Å². The molecule has 1 heterocycles. The smallest absolute Gasteiger partial charge is 0.311 e. The summed E-state index contributed by atoms with van der Waals surface area (Å²) in [6, 6.07) is 1.78. The minimum absolute atomic E-state index is 0.132. The molecule has 0 radical (unpaired) electrons. The zero-order valence-corrected chi connectivity index (χ0v) is 8.97. The van der Waals surface area contributed by atoms with Crippen molar-refractivity contribution in [2.24, 2.45) is 0 Å². The van der Waals surface area contributed by atoms with Crippen LogP contribution in [0.5, 0.6) is 0 Å². The van der Waals surface area contributed by atoms with Crippen LogP contribution in [0.4, 0.5) is 0 Å². The Morgan fingerprint density at radius 2 is 2.36 bits per heavy atom. The van der Waals surface area contributed by atoms with Crippen molar-refractivity contribution in [3.63, 3.8) is 0 Å². The molecule has 0 atom stereocenters. The average Bonchev–Trinajstić information content (AvgIpc) is 2.10. The number of halogens is 1. The van der Waals surface area contributed by atoms with Crippen LogP contribution in [-0.4, -0.2) is 17.6 Å². The van der Waals surface area contributed by atoms with Crippen molar-refractivity contribution in [3.05, 3.63) is 28.5 Å². The number of hydrogen-bond acceptors (Lipinski definition) is 3.